The molecule has 0 aromatic heterocycles. The zero-order valence-electron chi connectivity index (χ0n) is 19.9. The monoisotopic (exact) mass is 458 g/mol. The molecular formula is C24H34N4O5. The fraction of sp³-hybridized carbons (Fsp3) is 0.583. The minimum absolute atomic E-state index is 0.0172. The van der Waals surface area contributed by atoms with Gasteiger partial charge in [0.25, 0.3) is 5.91 Å². The normalized spacial score (nSPS) is 20.2. The third-order valence-electron chi connectivity index (χ3n) is 6.73. The molecule has 0 saturated carbocycles. The van der Waals surface area contributed by atoms with Crippen LogP contribution in [0.25, 0.3) is 0 Å². The summed E-state index contributed by atoms with van der Waals surface area (Å²) < 4.78 is 6.12. The van der Waals surface area contributed by atoms with Crippen molar-refractivity contribution >= 4 is 23.6 Å². The topological polar surface area (TPSA) is 99.3 Å². The van der Waals surface area contributed by atoms with Crippen LogP contribution in [0.5, 0.6) is 5.75 Å². The van der Waals surface area contributed by atoms with E-state index in [1.807, 2.05) is 25.8 Å². The molecule has 1 unspecified atom stereocenters. The first-order valence-corrected chi connectivity index (χ1v) is 11.6. The second-order valence-electron chi connectivity index (χ2n) is 8.81. The number of ether oxygens (including phenoxy) is 1. The fourth-order valence-electron chi connectivity index (χ4n) is 4.33. The molecule has 2 aliphatic rings. The van der Waals surface area contributed by atoms with Gasteiger partial charge in [0.2, 0.25) is 5.91 Å². The van der Waals surface area contributed by atoms with E-state index in [4.69, 9.17) is 4.74 Å². The van der Waals surface area contributed by atoms with Crippen molar-refractivity contribution in [2.24, 2.45) is 5.41 Å². The quantitative estimate of drug-likeness (QED) is 0.599. The molecule has 2 saturated heterocycles. The number of nitrogens with one attached hydrogen (secondary N) is 1. The van der Waals surface area contributed by atoms with Gasteiger partial charge < -0.3 is 19.9 Å². The largest absolute Gasteiger partial charge is 0.469 e. The van der Waals surface area contributed by atoms with Crippen molar-refractivity contribution in [2.75, 3.05) is 39.8 Å². The number of hydrogen-bond acceptors (Lipinski definition) is 6. The lowest BCUT2D eigenvalue weighted by Gasteiger charge is -2.53. The van der Waals surface area contributed by atoms with E-state index in [0.717, 1.165) is 18.0 Å². The van der Waals surface area contributed by atoms with E-state index < -0.39 is 17.7 Å². The van der Waals surface area contributed by atoms with Crippen molar-refractivity contribution in [2.45, 2.75) is 46.3 Å². The zero-order valence-corrected chi connectivity index (χ0v) is 19.9. The first-order valence-electron chi connectivity index (χ1n) is 11.6. The number of nitrogens with zero attached hydrogens (tertiary/aromatic N) is 3. The number of ketones is 1. The third kappa shape index (κ3) is 5.03. The average Bonchev–Trinajstić information content (AvgIpc) is 2.80. The van der Waals surface area contributed by atoms with E-state index in [-0.39, 0.29) is 30.6 Å². The number of likely N-dealkylation sites (N-methyl/N-ethyl adjacent to an activating group) is 1. The maximum atomic E-state index is 12.9. The minimum atomic E-state index is -0.785. The van der Waals surface area contributed by atoms with Gasteiger partial charge in [0.1, 0.15) is 16.9 Å². The highest BCUT2D eigenvalue weighted by atomic mass is 16.5. The number of urea groups is 1. The number of imide groups is 1. The predicted molar refractivity (Wildman–Crippen MR) is 123 cm³/mol. The summed E-state index contributed by atoms with van der Waals surface area (Å²) in [4.78, 5) is 54.6. The van der Waals surface area contributed by atoms with Crippen LogP contribution in [0, 0.1) is 5.41 Å². The highest BCUT2D eigenvalue weighted by Gasteiger charge is 2.62. The van der Waals surface area contributed by atoms with Gasteiger partial charge in [-0.3, -0.25) is 14.4 Å². The molecule has 33 heavy (non-hydrogen) atoms. The van der Waals surface area contributed by atoms with Crippen LogP contribution in [0.4, 0.5) is 4.79 Å². The van der Waals surface area contributed by atoms with Crippen molar-refractivity contribution in [1.82, 2.24) is 20.0 Å². The van der Waals surface area contributed by atoms with Crippen LogP contribution in [0.2, 0.25) is 0 Å². The van der Waals surface area contributed by atoms with E-state index in [2.05, 4.69) is 10.2 Å². The summed E-state index contributed by atoms with van der Waals surface area (Å²) in [5, 5.41) is 2.62. The van der Waals surface area contributed by atoms with Crippen LogP contribution in [-0.2, 0) is 9.59 Å². The number of β-lactam (4-membered cyclic amide) rings is 1. The second-order valence-corrected chi connectivity index (χ2v) is 8.81. The third-order valence-corrected chi connectivity index (χ3v) is 6.73. The lowest BCUT2D eigenvalue weighted by atomic mass is 9.72. The summed E-state index contributed by atoms with van der Waals surface area (Å²) in [5.41, 5.74) is -0.209. The van der Waals surface area contributed by atoms with Gasteiger partial charge in [-0.1, -0.05) is 13.8 Å². The Kier molecular flexibility index (Phi) is 7.73. The highest BCUT2D eigenvalue weighted by Crippen LogP contribution is 2.46. The molecule has 0 radical (unpaired) electrons. The van der Waals surface area contributed by atoms with E-state index >= 15 is 0 Å². The second kappa shape index (κ2) is 10.3. The Hall–Kier alpha value is -2.94. The molecule has 0 aliphatic carbocycles. The summed E-state index contributed by atoms with van der Waals surface area (Å²) in [7, 11) is 2.04. The van der Waals surface area contributed by atoms with Gasteiger partial charge >= 0.3 is 6.03 Å². The smallest absolute Gasteiger partial charge is 0.327 e. The summed E-state index contributed by atoms with van der Waals surface area (Å²) in [6.45, 7) is 8.51. The van der Waals surface area contributed by atoms with Gasteiger partial charge in [-0.2, -0.15) is 0 Å². The zero-order chi connectivity index (χ0) is 24.2. The number of likely N-dealkylation sites (tertiary alicyclic amines) is 1. The number of benzene rings is 1. The molecule has 2 aliphatic heterocycles. The molecule has 0 spiro atoms. The van der Waals surface area contributed by atoms with Crippen LogP contribution in [0.15, 0.2) is 24.3 Å². The summed E-state index contributed by atoms with van der Waals surface area (Å²) >= 11 is 0. The number of hydrogen-bond donors (Lipinski definition) is 1. The maximum absolute atomic E-state index is 12.9. The lowest BCUT2D eigenvalue weighted by Crippen LogP contribution is -2.73. The number of carbonyl (C=O) groups is 4. The van der Waals surface area contributed by atoms with E-state index in [1.165, 1.54) is 6.92 Å². The van der Waals surface area contributed by atoms with Crippen LogP contribution in [0.3, 0.4) is 0 Å². The van der Waals surface area contributed by atoms with E-state index in [1.54, 1.807) is 24.3 Å². The number of carbonyl (C=O) groups excluding carboxylic acids is 4. The number of rotatable bonds is 8. The predicted octanol–water partition coefficient (Wildman–Crippen LogP) is 2.12. The van der Waals surface area contributed by atoms with Gasteiger partial charge in [-0.05, 0) is 51.1 Å². The molecule has 1 N–H and O–H groups in total. The molecule has 2 fully saturated rings. The molecule has 180 valence electrons. The van der Waals surface area contributed by atoms with Gasteiger partial charge in [0, 0.05) is 44.7 Å². The Morgan fingerprint density at radius 1 is 1.06 bits per heavy atom. The van der Waals surface area contributed by atoms with Crippen molar-refractivity contribution in [3.8, 4) is 5.75 Å². The van der Waals surface area contributed by atoms with E-state index in [9.17, 15) is 19.2 Å². The minimum Gasteiger partial charge on any atom is -0.469 e. The van der Waals surface area contributed by atoms with Crippen molar-refractivity contribution in [1.29, 1.82) is 0 Å². The molecule has 1 aromatic carbocycles. The average molecular weight is 459 g/mol. The molecule has 1 atom stereocenters. The van der Waals surface area contributed by atoms with Gasteiger partial charge in [-0.25, -0.2) is 9.69 Å². The van der Waals surface area contributed by atoms with Gasteiger partial charge in [0.05, 0.1) is 0 Å². The van der Waals surface area contributed by atoms with Crippen molar-refractivity contribution in [3.05, 3.63) is 29.8 Å². The lowest BCUT2D eigenvalue weighted by molar-refractivity contribution is -0.190. The first kappa shape index (κ1) is 24.7. The summed E-state index contributed by atoms with van der Waals surface area (Å²) in [6.07, 6.45) is 0.514. The molecular weight excluding hydrogens is 424 g/mol. The SMILES string of the molecule is CCC1(CC)C(=O)N(C(=O)NCCC(C)=O)C1Oc1ccc(C(=O)N2CCN(C)CC2)cc1. The van der Waals surface area contributed by atoms with Crippen LogP contribution >= 0.6 is 0 Å². The van der Waals surface area contributed by atoms with Crippen molar-refractivity contribution < 1.29 is 23.9 Å². The molecule has 1 aromatic rings. The Labute approximate surface area is 195 Å². The molecule has 9 nitrogen and oxygen atoms in total. The molecule has 9 heteroatoms. The van der Waals surface area contributed by atoms with Gasteiger partial charge in [-0.15, -0.1) is 0 Å². The Morgan fingerprint density at radius 3 is 2.21 bits per heavy atom. The molecule has 2 heterocycles. The summed E-state index contributed by atoms with van der Waals surface area (Å²) in [5.74, 6) is 0.145. The number of piperazine rings is 1. The fourth-order valence-corrected chi connectivity index (χ4v) is 4.33. The number of Topliss-reactive ketones (excluding diaryl/α,β-unsaturated/α-hetero) is 1. The van der Waals surface area contributed by atoms with Gasteiger partial charge in [0.15, 0.2) is 6.23 Å². The molecule has 0 bridgehead atoms. The van der Waals surface area contributed by atoms with Crippen LogP contribution in [0.1, 0.15) is 50.4 Å². The van der Waals surface area contributed by atoms with Crippen LogP contribution in [-0.4, -0.2) is 84.3 Å². The van der Waals surface area contributed by atoms with Crippen molar-refractivity contribution in [3.63, 3.8) is 0 Å². The maximum Gasteiger partial charge on any atom is 0.327 e. The van der Waals surface area contributed by atoms with E-state index in [0.29, 0.717) is 37.2 Å². The summed E-state index contributed by atoms with van der Waals surface area (Å²) in [6, 6.07) is 6.27. The van der Waals surface area contributed by atoms with Crippen LogP contribution < -0.4 is 10.1 Å². The first-order chi connectivity index (χ1) is 15.7. The Bertz CT molecular complexity index is 889. The Morgan fingerprint density at radius 2 is 1.67 bits per heavy atom. The molecule has 3 rings (SSSR count). The Balaban J connectivity index is 1.70. The molecule has 4 amide bonds. The standard InChI is InChI=1S/C24H34N4O5/c1-5-24(6-2)21(31)28(23(32)25-12-11-17(3)29)22(24)33-19-9-7-18(8-10-19)20(30)27-15-13-26(4)14-16-27/h7-10,22H,5-6,11-16H2,1-4H3,(H,25,32). The number of amides is 4. The highest BCUT2D eigenvalue weighted by molar-refractivity contribution is 6.03.